The van der Waals surface area contributed by atoms with Gasteiger partial charge in [0.2, 0.25) is 6.79 Å². The summed E-state index contributed by atoms with van der Waals surface area (Å²) in [4.78, 5) is 41.7. The number of fused-ring (bicyclic) bond motifs is 2. The highest BCUT2D eigenvalue weighted by atomic mass is 16.7. The predicted octanol–water partition coefficient (Wildman–Crippen LogP) is 4.10. The van der Waals surface area contributed by atoms with Gasteiger partial charge in [-0.1, -0.05) is 12.1 Å². The Morgan fingerprint density at radius 1 is 1.06 bits per heavy atom. The van der Waals surface area contributed by atoms with Gasteiger partial charge in [0.05, 0.1) is 11.2 Å². The number of benzene rings is 2. The van der Waals surface area contributed by atoms with Gasteiger partial charge in [-0.15, -0.1) is 0 Å². The van der Waals surface area contributed by atoms with Crippen molar-refractivity contribution in [3.05, 3.63) is 59.2 Å². The van der Waals surface area contributed by atoms with Crippen LogP contribution in [0.15, 0.2) is 48.0 Å². The third-order valence-electron chi connectivity index (χ3n) is 6.34. The van der Waals surface area contributed by atoms with Gasteiger partial charge >= 0.3 is 6.03 Å². The molecule has 0 aliphatic carbocycles. The monoisotopic (exact) mass is 459 g/mol. The molecule has 8 nitrogen and oxygen atoms in total. The van der Waals surface area contributed by atoms with Crippen molar-refractivity contribution in [3.8, 4) is 11.5 Å². The fourth-order valence-electron chi connectivity index (χ4n) is 4.85. The van der Waals surface area contributed by atoms with Crippen molar-refractivity contribution in [1.82, 2.24) is 5.32 Å². The summed E-state index contributed by atoms with van der Waals surface area (Å²) >= 11 is 0. The zero-order valence-corrected chi connectivity index (χ0v) is 19.5. The normalized spacial score (nSPS) is 19.8. The molecule has 1 N–H and O–H groups in total. The smallest absolute Gasteiger partial charge is 0.335 e. The third-order valence-corrected chi connectivity index (χ3v) is 6.34. The van der Waals surface area contributed by atoms with Gasteiger partial charge in [0.25, 0.3) is 11.8 Å². The minimum absolute atomic E-state index is 0.0708. The minimum atomic E-state index is -0.809. The Balaban J connectivity index is 1.52. The van der Waals surface area contributed by atoms with Crippen LogP contribution in [0.5, 0.6) is 11.5 Å². The molecule has 34 heavy (non-hydrogen) atoms. The summed E-state index contributed by atoms with van der Waals surface area (Å²) < 4.78 is 10.7. The molecular formula is C26H25N3O5. The molecule has 0 saturated carbocycles. The van der Waals surface area contributed by atoms with Crippen LogP contribution in [-0.2, 0) is 9.59 Å². The quantitative estimate of drug-likeness (QED) is 0.549. The van der Waals surface area contributed by atoms with E-state index in [1.54, 1.807) is 18.2 Å². The number of barbiturate groups is 1. The molecule has 1 fully saturated rings. The molecule has 5 rings (SSSR count). The number of amides is 4. The van der Waals surface area contributed by atoms with E-state index < -0.39 is 17.8 Å². The van der Waals surface area contributed by atoms with Gasteiger partial charge in [-0.2, -0.15) is 0 Å². The predicted molar refractivity (Wildman–Crippen MR) is 129 cm³/mol. The van der Waals surface area contributed by atoms with Gasteiger partial charge < -0.3 is 14.4 Å². The number of nitrogens with zero attached hydrogens (tertiary/aromatic N) is 2. The summed E-state index contributed by atoms with van der Waals surface area (Å²) in [6.45, 7) is 9.43. The van der Waals surface area contributed by atoms with E-state index >= 15 is 0 Å². The van der Waals surface area contributed by atoms with Crippen LogP contribution >= 0.6 is 0 Å². The van der Waals surface area contributed by atoms with Crippen LogP contribution in [0.1, 0.15) is 38.8 Å². The molecule has 0 atom stereocenters. The number of nitrogens with one attached hydrogen (secondary N) is 1. The maximum Gasteiger partial charge on any atom is 0.335 e. The summed E-state index contributed by atoms with van der Waals surface area (Å²) in [6, 6.07) is 9.79. The lowest BCUT2D eigenvalue weighted by molar-refractivity contribution is -0.122. The Hall–Kier alpha value is -4.07. The van der Waals surface area contributed by atoms with Gasteiger partial charge in [0.15, 0.2) is 11.5 Å². The second kappa shape index (κ2) is 7.76. The van der Waals surface area contributed by atoms with Crippen LogP contribution in [0.3, 0.4) is 0 Å². The highest BCUT2D eigenvalue weighted by Gasteiger charge is 2.37. The first-order valence-corrected chi connectivity index (χ1v) is 11.1. The molecule has 0 spiro atoms. The Morgan fingerprint density at radius 3 is 2.59 bits per heavy atom. The highest BCUT2D eigenvalue weighted by molar-refractivity contribution is 6.39. The topological polar surface area (TPSA) is 88.2 Å². The average molecular weight is 460 g/mol. The fourth-order valence-corrected chi connectivity index (χ4v) is 4.85. The van der Waals surface area contributed by atoms with E-state index in [0.29, 0.717) is 17.1 Å². The molecule has 2 aromatic carbocycles. The number of urea groups is 1. The second-order valence-corrected chi connectivity index (χ2v) is 9.00. The number of carbonyl (C=O) groups excluding carboxylic acids is 3. The maximum atomic E-state index is 13.3. The Labute approximate surface area is 197 Å². The van der Waals surface area contributed by atoms with Crippen LogP contribution in [-0.4, -0.2) is 36.7 Å². The van der Waals surface area contributed by atoms with Crippen molar-refractivity contribution in [2.24, 2.45) is 0 Å². The number of imide groups is 2. The molecule has 0 unspecified atom stereocenters. The zero-order chi connectivity index (χ0) is 24.2. The highest BCUT2D eigenvalue weighted by Crippen LogP contribution is 2.40. The van der Waals surface area contributed by atoms with Crippen molar-refractivity contribution in [3.63, 3.8) is 0 Å². The molecule has 8 heteroatoms. The average Bonchev–Trinajstić information content (AvgIpc) is 3.24. The lowest BCUT2D eigenvalue weighted by atomic mass is 9.88. The standard InChI is InChI=1S/C26H25N3O5/c1-5-28-20-8-6-16(10-18(20)15(2)13-26(28,3)4)11-19-23(30)27-25(32)29(24(19)31)17-7-9-21-22(12-17)34-14-33-21/h6-13H,5,14H2,1-4H3,(H,27,30,32)/b19-11-. The number of rotatable bonds is 3. The lowest BCUT2D eigenvalue weighted by Gasteiger charge is -2.42. The molecular weight excluding hydrogens is 434 g/mol. The van der Waals surface area contributed by atoms with Crippen molar-refractivity contribution in [1.29, 1.82) is 0 Å². The van der Waals surface area contributed by atoms with Crippen LogP contribution < -0.4 is 24.6 Å². The number of likely N-dealkylation sites (N-methyl/N-ethyl adjacent to an activating group) is 1. The molecule has 4 amide bonds. The summed E-state index contributed by atoms with van der Waals surface area (Å²) in [7, 11) is 0. The number of carbonyl (C=O) groups is 3. The Bertz CT molecular complexity index is 1310. The first-order chi connectivity index (χ1) is 16.2. The second-order valence-electron chi connectivity index (χ2n) is 9.00. The summed E-state index contributed by atoms with van der Waals surface area (Å²) in [5.41, 5.74) is 4.02. The number of hydrogen-bond donors (Lipinski definition) is 1. The van der Waals surface area contributed by atoms with Gasteiger partial charge in [-0.3, -0.25) is 14.9 Å². The van der Waals surface area contributed by atoms with Crippen molar-refractivity contribution in [2.75, 3.05) is 23.1 Å². The molecule has 0 aromatic heterocycles. The van der Waals surface area contributed by atoms with Crippen LogP contribution in [0.2, 0.25) is 0 Å². The maximum absolute atomic E-state index is 13.3. The third kappa shape index (κ3) is 3.42. The lowest BCUT2D eigenvalue weighted by Crippen LogP contribution is -2.54. The Kier molecular flexibility index (Phi) is 4.97. The van der Waals surface area contributed by atoms with Crippen LogP contribution in [0, 0.1) is 0 Å². The van der Waals surface area contributed by atoms with E-state index in [2.05, 4.69) is 44.0 Å². The summed E-state index contributed by atoms with van der Waals surface area (Å²) in [6.07, 6.45) is 3.74. The van der Waals surface area contributed by atoms with Gasteiger partial charge in [0, 0.05) is 23.9 Å². The van der Waals surface area contributed by atoms with E-state index in [-0.39, 0.29) is 23.6 Å². The van der Waals surface area contributed by atoms with Crippen LogP contribution in [0.25, 0.3) is 11.6 Å². The van der Waals surface area contributed by atoms with E-state index in [1.165, 1.54) is 6.08 Å². The first-order valence-electron chi connectivity index (χ1n) is 11.1. The van der Waals surface area contributed by atoms with Crippen LogP contribution in [0.4, 0.5) is 16.2 Å². The molecule has 1 saturated heterocycles. The minimum Gasteiger partial charge on any atom is -0.454 e. The molecule has 0 radical (unpaired) electrons. The first kappa shape index (κ1) is 21.8. The molecule has 0 bridgehead atoms. The SMILES string of the molecule is CCN1c2ccc(/C=C3/C(=O)NC(=O)N(c4ccc5c(c4)OCO5)C3=O)cc2C(C)=CC1(C)C. The summed E-state index contributed by atoms with van der Waals surface area (Å²) in [5.74, 6) is -0.467. The van der Waals surface area contributed by atoms with E-state index in [0.717, 1.165) is 28.3 Å². The number of anilines is 2. The van der Waals surface area contributed by atoms with E-state index in [1.807, 2.05) is 18.2 Å². The number of ether oxygens (including phenoxy) is 2. The van der Waals surface area contributed by atoms with Crippen molar-refractivity contribution < 1.29 is 23.9 Å². The molecule has 2 aromatic rings. The zero-order valence-electron chi connectivity index (χ0n) is 19.5. The van der Waals surface area contributed by atoms with Gasteiger partial charge in [-0.25, -0.2) is 9.69 Å². The molecule has 3 aliphatic heterocycles. The molecule has 3 aliphatic rings. The van der Waals surface area contributed by atoms with Gasteiger partial charge in [-0.05, 0) is 69.2 Å². The molecule has 174 valence electrons. The number of allylic oxidation sites excluding steroid dienone is 1. The molecule has 3 heterocycles. The Morgan fingerprint density at radius 2 is 1.82 bits per heavy atom. The van der Waals surface area contributed by atoms with E-state index in [9.17, 15) is 14.4 Å². The largest absolute Gasteiger partial charge is 0.454 e. The summed E-state index contributed by atoms with van der Waals surface area (Å²) in [5, 5.41) is 2.26. The number of hydrogen-bond acceptors (Lipinski definition) is 6. The fraction of sp³-hybridized carbons (Fsp3) is 0.269. The van der Waals surface area contributed by atoms with E-state index in [4.69, 9.17) is 9.47 Å². The van der Waals surface area contributed by atoms with Crippen molar-refractivity contribution >= 4 is 40.9 Å². The van der Waals surface area contributed by atoms with Crippen molar-refractivity contribution in [2.45, 2.75) is 33.2 Å². The van der Waals surface area contributed by atoms with Gasteiger partial charge in [0.1, 0.15) is 5.57 Å².